The number of fused-ring (bicyclic) bond motifs is 1. The van der Waals surface area contributed by atoms with Crippen molar-refractivity contribution in [2.75, 3.05) is 0 Å². The average Bonchev–Trinajstić information content (AvgIpc) is 2.93. The van der Waals surface area contributed by atoms with E-state index < -0.39 is 0 Å². The Balaban J connectivity index is 2.20. The Morgan fingerprint density at radius 3 is 2.77 bits per heavy atom. The highest BCUT2D eigenvalue weighted by molar-refractivity contribution is 7.19. The second-order valence-electron chi connectivity index (χ2n) is 4.81. The Kier molecular flexibility index (Phi) is 3.84. The van der Waals surface area contributed by atoms with E-state index in [0.29, 0.717) is 15.6 Å². The molecule has 0 saturated carbocycles. The summed E-state index contributed by atoms with van der Waals surface area (Å²) < 4.78 is 0.966. The van der Waals surface area contributed by atoms with Crippen molar-refractivity contribution in [3.8, 4) is 6.07 Å². The number of nitriles is 1. The van der Waals surface area contributed by atoms with E-state index in [1.54, 1.807) is 12.1 Å². The van der Waals surface area contributed by atoms with Gasteiger partial charge in [0, 0.05) is 5.56 Å². The van der Waals surface area contributed by atoms with Crippen LogP contribution in [0.2, 0.25) is 5.02 Å². The Bertz CT molecular complexity index is 904. The molecule has 22 heavy (non-hydrogen) atoms. The van der Waals surface area contributed by atoms with Crippen LogP contribution < -0.4 is 0 Å². The van der Waals surface area contributed by atoms with Crippen LogP contribution in [-0.4, -0.2) is 10.1 Å². The third-order valence-electron chi connectivity index (χ3n) is 3.23. The highest BCUT2D eigenvalue weighted by Crippen LogP contribution is 2.33. The maximum absolute atomic E-state index is 10.5. The number of allylic oxidation sites excluding steroid dienone is 1. The average molecular weight is 327 g/mol. The van der Waals surface area contributed by atoms with Crippen LogP contribution in [-0.2, 0) is 0 Å². The van der Waals surface area contributed by atoms with Crippen molar-refractivity contribution in [1.29, 1.82) is 5.26 Å². The SMILES string of the molecule is Cc1ccc(Cl)c(/C(O)=C(\C#N)c2nc3ccccc3s2)c1. The van der Waals surface area contributed by atoms with Gasteiger partial charge in [0.1, 0.15) is 22.4 Å². The van der Waals surface area contributed by atoms with Gasteiger partial charge in [-0.2, -0.15) is 5.26 Å². The maximum atomic E-state index is 10.5. The monoisotopic (exact) mass is 326 g/mol. The van der Waals surface area contributed by atoms with E-state index >= 15 is 0 Å². The lowest BCUT2D eigenvalue weighted by Gasteiger charge is -2.06. The van der Waals surface area contributed by atoms with Gasteiger partial charge in [0.05, 0.1) is 15.2 Å². The molecule has 5 heteroatoms. The molecule has 2 aromatic carbocycles. The van der Waals surface area contributed by atoms with Crippen LogP contribution in [0.25, 0.3) is 21.5 Å². The van der Waals surface area contributed by atoms with Gasteiger partial charge in [-0.3, -0.25) is 0 Å². The molecule has 3 rings (SSSR count). The summed E-state index contributed by atoms with van der Waals surface area (Å²) in [7, 11) is 0. The normalized spacial score (nSPS) is 12.0. The molecule has 3 aromatic rings. The summed E-state index contributed by atoms with van der Waals surface area (Å²) in [5, 5.41) is 20.8. The van der Waals surface area contributed by atoms with Gasteiger partial charge in [0.15, 0.2) is 0 Å². The van der Waals surface area contributed by atoms with Crippen LogP contribution in [0.5, 0.6) is 0 Å². The van der Waals surface area contributed by atoms with Gasteiger partial charge in [-0.25, -0.2) is 4.98 Å². The topological polar surface area (TPSA) is 56.9 Å². The Labute approximate surface area is 136 Å². The highest BCUT2D eigenvalue weighted by atomic mass is 35.5. The van der Waals surface area contributed by atoms with Gasteiger partial charge < -0.3 is 5.11 Å². The molecule has 0 spiro atoms. The van der Waals surface area contributed by atoms with E-state index in [4.69, 9.17) is 11.6 Å². The zero-order valence-corrected chi connectivity index (χ0v) is 13.2. The van der Waals surface area contributed by atoms with Crippen molar-refractivity contribution in [1.82, 2.24) is 4.98 Å². The largest absolute Gasteiger partial charge is 0.506 e. The third kappa shape index (κ3) is 2.57. The first-order chi connectivity index (χ1) is 10.6. The predicted octanol–water partition coefficient (Wildman–Crippen LogP) is 5.21. The van der Waals surface area contributed by atoms with Crippen LogP contribution in [0.1, 0.15) is 16.1 Å². The number of para-hydroxylation sites is 1. The van der Waals surface area contributed by atoms with Gasteiger partial charge in [0.25, 0.3) is 0 Å². The standard InChI is InChI=1S/C17H11ClN2OS/c1-10-6-7-13(18)11(8-10)16(21)12(9-19)17-20-14-4-2-3-5-15(14)22-17/h2-8,21H,1H3/b16-12-. The molecule has 0 aliphatic carbocycles. The quantitative estimate of drug-likeness (QED) is 0.519. The van der Waals surface area contributed by atoms with E-state index in [2.05, 4.69) is 4.98 Å². The molecule has 0 unspecified atom stereocenters. The van der Waals surface area contributed by atoms with E-state index in [9.17, 15) is 10.4 Å². The van der Waals surface area contributed by atoms with Gasteiger partial charge in [0.2, 0.25) is 0 Å². The number of aryl methyl sites for hydroxylation is 1. The zero-order valence-electron chi connectivity index (χ0n) is 11.7. The zero-order chi connectivity index (χ0) is 15.7. The number of aliphatic hydroxyl groups is 1. The molecular formula is C17H11ClN2OS. The molecule has 0 aliphatic heterocycles. The van der Waals surface area contributed by atoms with E-state index in [1.165, 1.54) is 11.3 Å². The molecule has 0 atom stereocenters. The summed E-state index contributed by atoms with van der Waals surface area (Å²) in [6.45, 7) is 1.90. The summed E-state index contributed by atoms with van der Waals surface area (Å²) in [5.74, 6) is -0.143. The fourth-order valence-corrected chi connectivity index (χ4v) is 3.31. The summed E-state index contributed by atoms with van der Waals surface area (Å²) in [6.07, 6.45) is 0. The van der Waals surface area contributed by atoms with Crippen LogP contribution in [0, 0.1) is 18.3 Å². The van der Waals surface area contributed by atoms with Crippen molar-refractivity contribution < 1.29 is 5.11 Å². The smallest absolute Gasteiger partial charge is 0.145 e. The molecule has 1 heterocycles. The summed E-state index contributed by atoms with van der Waals surface area (Å²) in [4.78, 5) is 4.42. The molecule has 0 bridgehead atoms. The molecule has 1 aromatic heterocycles. The highest BCUT2D eigenvalue weighted by Gasteiger charge is 2.17. The molecule has 0 saturated heterocycles. The van der Waals surface area contributed by atoms with Crippen molar-refractivity contribution in [3.63, 3.8) is 0 Å². The van der Waals surface area contributed by atoms with Crippen LogP contribution in [0.15, 0.2) is 42.5 Å². The number of thiazole rings is 1. The summed E-state index contributed by atoms with van der Waals surface area (Å²) >= 11 is 7.51. The molecule has 1 N–H and O–H groups in total. The van der Waals surface area contributed by atoms with E-state index in [0.717, 1.165) is 15.8 Å². The minimum absolute atomic E-state index is 0.133. The fraction of sp³-hybridized carbons (Fsp3) is 0.0588. The van der Waals surface area contributed by atoms with Gasteiger partial charge >= 0.3 is 0 Å². The number of halogens is 1. The number of rotatable bonds is 2. The van der Waals surface area contributed by atoms with Crippen molar-refractivity contribution >= 4 is 44.5 Å². The number of nitrogens with zero attached hydrogens (tertiary/aromatic N) is 2. The van der Waals surface area contributed by atoms with Gasteiger partial charge in [-0.05, 0) is 31.2 Å². The lowest BCUT2D eigenvalue weighted by Crippen LogP contribution is -1.92. The molecule has 0 radical (unpaired) electrons. The van der Waals surface area contributed by atoms with Crippen LogP contribution >= 0.6 is 22.9 Å². The molecule has 0 amide bonds. The first kappa shape index (κ1) is 14.6. The van der Waals surface area contributed by atoms with Gasteiger partial charge in [-0.1, -0.05) is 35.4 Å². The first-order valence-electron chi connectivity index (χ1n) is 6.56. The molecule has 0 fully saturated rings. The number of aromatic nitrogens is 1. The lowest BCUT2D eigenvalue weighted by molar-refractivity contribution is 0.514. The Hall–Kier alpha value is -2.35. The molecule has 3 nitrogen and oxygen atoms in total. The maximum Gasteiger partial charge on any atom is 0.145 e. The first-order valence-corrected chi connectivity index (χ1v) is 7.75. The molecular weight excluding hydrogens is 316 g/mol. The van der Waals surface area contributed by atoms with E-state index in [1.807, 2.05) is 43.3 Å². The number of hydrogen-bond acceptors (Lipinski definition) is 4. The van der Waals surface area contributed by atoms with E-state index in [-0.39, 0.29) is 11.3 Å². The number of hydrogen-bond donors (Lipinski definition) is 1. The minimum Gasteiger partial charge on any atom is -0.506 e. The summed E-state index contributed by atoms with van der Waals surface area (Å²) in [5.41, 5.74) is 2.33. The molecule has 108 valence electrons. The van der Waals surface area contributed by atoms with Crippen LogP contribution in [0.4, 0.5) is 0 Å². The Morgan fingerprint density at radius 1 is 1.27 bits per heavy atom. The minimum atomic E-state index is -0.143. The van der Waals surface area contributed by atoms with Gasteiger partial charge in [-0.15, -0.1) is 11.3 Å². The predicted molar refractivity (Wildman–Crippen MR) is 90.9 cm³/mol. The second-order valence-corrected chi connectivity index (χ2v) is 6.24. The number of aliphatic hydroxyl groups excluding tert-OH is 1. The fourth-order valence-electron chi connectivity index (χ4n) is 2.14. The van der Waals surface area contributed by atoms with Crippen molar-refractivity contribution in [3.05, 3.63) is 63.6 Å². The molecule has 0 aliphatic rings. The van der Waals surface area contributed by atoms with Crippen molar-refractivity contribution in [2.24, 2.45) is 0 Å². The van der Waals surface area contributed by atoms with Crippen LogP contribution in [0.3, 0.4) is 0 Å². The lowest BCUT2D eigenvalue weighted by atomic mass is 10.1. The summed E-state index contributed by atoms with van der Waals surface area (Å²) in [6, 6.07) is 15.0. The Morgan fingerprint density at radius 2 is 2.05 bits per heavy atom. The second kappa shape index (κ2) is 5.80. The van der Waals surface area contributed by atoms with Crippen molar-refractivity contribution in [2.45, 2.75) is 6.92 Å². The third-order valence-corrected chi connectivity index (χ3v) is 4.62. The number of benzene rings is 2.